The van der Waals surface area contributed by atoms with E-state index in [0.717, 1.165) is 38.2 Å². The van der Waals surface area contributed by atoms with Crippen LogP contribution in [0.3, 0.4) is 0 Å². The van der Waals surface area contributed by atoms with E-state index in [4.69, 9.17) is 4.74 Å². The molecule has 3 nitrogen and oxygen atoms in total. The third-order valence-corrected chi connectivity index (χ3v) is 5.46. The Hall–Kier alpha value is -3.33. The number of hydrogen-bond donors (Lipinski definition) is 1. The number of carbonyl (C=O) groups excluding carboxylic acids is 1. The minimum atomic E-state index is -0.647. The molecule has 0 unspecified atom stereocenters. The quantitative estimate of drug-likeness (QED) is 0.294. The van der Waals surface area contributed by atoms with Crippen molar-refractivity contribution in [1.29, 1.82) is 0 Å². The molecule has 4 aromatic carbocycles. The summed E-state index contributed by atoms with van der Waals surface area (Å²) in [7, 11) is 0. The number of fused-ring (bicyclic) bond motifs is 2. The maximum atomic E-state index is 12.8. The Morgan fingerprint density at radius 3 is 1.87 bits per heavy atom. The van der Waals surface area contributed by atoms with Gasteiger partial charge in [0.2, 0.25) is 0 Å². The van der Waals surface area contributed by atoms with Gasteiger partial charge < -0.3 is 9.84 Å². The number of aryl methyl sites for hydroxylation is 2. The summed E-state index contributed by atoms with van der Waals surface area (Å²) >= 11 is 0. The summed E-state index contributed by atoms with van der Waals surface area (Å²) in [5.41, 5.74) is 2.43. The largest absolute Gasteiger partial charge is 0.507 e. The van der Waals surface area contributed by atoms with Crippen LogP contribution >= 0.6 is 0 Å². The van der Waals surface area contributed by atoms with Crippen molar-refractivity contribution in [3.05, 3.63) is 71.8 Å². The predicted molar refractivity (Wildman–Crippen MR) is 123 cm³/mol. The normalized spacial score (nSPS) is 11.8. The molecule has 0 radical (unpaired) electrons. The number of phenols is 1. The summed E-state index contributed by atoms with van der Waals surface area (Å²) in [4.78, 5) is 12.8. The van der Waals surface area contributed by atoms with Crippen molar-refractivity contribution in [1.82, 2.24) is 0 Å². The molecule has 3 heteroatoms. The molecule has 0 aromatic heterocycles. The van der Waals surface area contributed by atoms with Crippen molar-refractivity contribution < 1.29 is 14.6 Å². The van der Waals surface area contributed by atoms with Gasteiger partial charge in [0.1, 0.15) is 11.5 Å². The lowest BCUT2D eigenvalue weighted by atomic mass is 9.89. The lowest BCUT2D eigenvalue weighted by molar-refractivity contribution is -0.143. The van der Waals surface area contributed by atoms with Gasteiger partial charge in [-0.1, -0.05) is 48.5 Å². The summed E-state index contributed by atoms with van der Waals surface area (Å²) in [5, 5.41) is 15.1. The smallest absolute Gasteiger partial charge is 0.316 e. The van der Waals surface area contributed by atoms with E-state index in [1.54, 1.807) is 0 Å². The minimum Gasteiger partial charge on any atom is -0.507 e. The summed E-state index contributed by atoms with van der Waals surface area (Å²) in [6, 6.07) is 20.0. The van der Waals surface area contributed by atoms with Crippen LogP contribution in [0.15, 0.2) is 60.7 Å². The summed E-state index contributed by atoms with van der Waals surface area (Å²) in [6.45, 7) is 9.35. The van der Waals surface area contributed by atoms with Crippen LogP contribution < -0.4 is 4.74 Å². The van der Waals surface area contributed by atoms with Crippen LogP contribution in [-0.2, 0) is 4.79 Å². The van der Waals surface area contributed by atoms with Gasteiger partial charge in [-0.3, -0.25) is 4.79 Å². The number of rotatable bonds is 2. The molecule has 0 amide bonds. The van der Waals surface area contributed by atoms with Crippen LogP contribution in [0, 0.1) is 19.3 Å². The standard InChI is InChI=1S/C27H26O3/c1-16-14-18-10-6-8-12-20(18)22(24(16)28)23-21-13-9-7-11-19(21)15-17(2)25(23)30-26(29)27(3,4)5/h6-15,28H,1-5H3. The van der Waals surface area contributed by atoms with Crippen LogP contribution in [0.1, 0.15) is 31.9 Å². The molecule has 0 spiro atoms. The zero-order valence-corrected chi connectivity index (χ0v) is 18.0. The molecule has 0 aliphatic rings. The highest BCUT2D eigenvalue weighted by Gasteiger charge is 2.28. The molecule has 0 aliphatic heterocycles. The van der Waals surface area contributed by atoms with Crippen LogP contribution in [0.5, 0.6) is 11.5 Å². The summed E-state index contributed by atoms with van der Waals surface area (Å²) < 4.78 is 6.00. The molecule has 30 heavy (non-hydrogen) atoms. The van der Waals surface area contributed by atoms with Crippen LogP contribution in [0.25, 0.3) is 32.7 Å². The molecular weight excluding hydrogens is 372 g/mol. The minimum absolute atomic E-state index is 0.206. The molecule has 1 N–H and O–H groups in total. The van der Waals surface area contributed by atoms with E-state index < -0.39 is 5.41 Å². The highest BCUT2D eigenvalue weighted by Crippen LogP contribution is 2.48. The van der Waals surface area contributed by atoms with Gasteiger partial charge in [0.05, 0.1) is 5.41 Å². The van der Waals surface area contributed by atoms with E-state index in [2.05, 4.69) is 0 Å². The molecule has 0 atom stereocenters. The van der Waals surface area contributed by atoms with Crippen molar-refractivity contribution in [2.45, 2.75) is 34.6 Å². The first-order valence-corrected chi connectivity index (χ1v) is 10.1. The van der Waals surface area contributed by atoms with Crippen molar-refractivity contribution in [3.63, 3.8) is 0 Å². The molecule has 0 fully saturated rings. The topological polar surface area (TPSA) is 46.5 Å². The van der Waals surface area contributed by atoms with Gasteiger partial charge in [-0.15, -0.1) is 0 Å². The number of benzene rings is 4. The first kappa shape index (κ1) is 20.0. The van der Waals surface area contributed by atoms with E-state index in [0.29, 0.717) is 11.3 Å². The van der Waals surface area contributed by atoms with Gasteiger partial charge in [0.15, 0.2) is 0 Å². The third kappa shape index (κ3) is 3.30. The van der Waals surface area contributed by atoms with Gasteiger partial charge in [-0.25, -0.2) is 0 Å². The Labute approximate surface area is 176 Å². The van der Waals surface area contributed by atoms with Gasteiger partial charge in [0.25, 0.3) is 0 Å². The number of hydrogen-bond acceptors (Lipinski definition) is 3. The molecule has 0 heterocycles. The summed E-state index contributed by atoms with van der Waals surface area (Å²) in [6.07, 6.45) is 0. The number of phenolic OH excluding ortho intramolecular Hbond substituents is 1. The molecule has 4 rings (SSSR count). The van der Waals surface area contributed by atoms with E-state index in [9.17, 15) is 9.90 Å². The fourth-order valence-corrected chi connectivity index (χ4v) is 3.82. The number of carbonyl (C=O) groups is 1. The number of esters is 1. The average molecular weight is 399 g/mol. The SMILES string of the molecule is Cc1cc2ccccc2c(-c2c(OC(=O)C(C)(C)C)c(C)cc3ccccc23)c1O. The Morgan fingerprint density at radius 1 is 0.800 bits per heavy atom. The van der Waals surface area contributed by atoms with Gasteiger partial charge >= 0.3 is 5.97 Å². The van der Waals surface area contributed by atoms with Crippen molar-refractivity contribution >= 4 is 27.5 Å². The van der Waals surface area contributed by atoms with Crippen LogP contribution in [-0.4, -0.2) is 11.1 Å². The molecule has 0 saturated heterocycles. The average Bonchev–Trinajstić information content (AvgIpc) is 2.69. The zero-order valence-electron chi connectivity index (χ0n) is 18.0. The highest BCUT2D eigenvalue weighted by molar-refractivity contribution is 6.11. The summed E-state index contributed by atoms with van der Waals surface area (Å²) in [5.74, 6) is 0.399. The fourth-order valence-electron chi connectivity index (χ4n) is 3.82. The maximum Gasteiger partial charge on any atom is 0.316 e. The van der Waals surface area contributed by atoms with E-state index in [1.807, 2.05) is 95.3 Å². The maximum absolute atomic E-state index is 12.8. The van der Waals surface area contributed by atoms with E-state index in [-0.39, 0.29) is 11.7 Å². The Morgan fingerprint density at radius 2 is 1.30 bits per heavy atom. The van der Waals surface area contributed by atoms with Crippen molar-refractivity contribution in [3.8, 4) is 22.6 Å². The number of aromatic hydroxyl groups is 1. The van der Waals surface area contributed by atoms with Crippen molar-refractivity contribution in [2.24, 2.45) is 5.41 Å². The lowest BCUT2D eigenvalue weighted by Crippen LogP contribution is -2.26. The molecular formula is C27H26O3. The molecule has 4 aromatic rings. The molecule has 152 valence electrons. The molecule has 0 saturated carbocycles. The van der Waals surface area contributed by atoms with E-state index in [1.165, 1.54) is 0 Å². The zero-order chi connectivity index (χ0) is 21.6. The van der Waals surface area contributed by atoms with Gasteiger partial charge in [-0.05, 0) is 79.4 Å². The Kier molecular flexibility index (Phi) is 4.77. The monoisotopic (exact) mass is 398 g/mol. The first-order valence-electron chi connectivity index (χ1n) is 10.1. The highest BCUT2D eigenvalue weighted by atomic mass is 16.5. The molecule has 0 bridgehead atoms. The van der Waals surface area contributed by atoms with Gasteiger partial charge in [0, 0.05) is 11.1 Å². The fraction of sp³-hybridized carbons (Fsp3) is 0.222. The Balaban J connectivity index is 2.16. The Bertz CT molecular complexity index is 1290. The third-order valence-electron chi connectivity index (χ3n) is 5.46. The van der Waals surface area contributed by atoms with Crippen LogP contribution in [0.4, 0.5) is 0 Å². The number of ether oxygens (including phenoxy) is 1. The second-order valence-corrected chi connectivity index (χ2v) is 8.90. The van der Waals surface area contributed by atoms with E-state index >= 15 is 0 Å². The molecule has 0 aliphatic carbocycles. The first-order chi connectivity index (χ1) is 14.2. The van der Waals surface area contributed by atoms with Gasteiger partial charge in [-0.2, -0.15) is 0 Å². The van der Waals surface area contributed by atoms with Crippen LogP contribution in [0.2, 0.25) is 0 Å². The predicted octanol–water partition coefficient (Wildman–Crippen LogP) is 6.93. The second-order valence-electron chi connectivity index (χ2n) is 8.90. The second kappa shape index (κ2) is 7.17. The van der Waals surface area contributed by atoms with Crippen molar-refractivity contribution in [2.75, 3.05) is 0 Å². The lowest BCUT2D eigenvalue weighted by Gasteiger charge is -2.22.